The lowest BCUT2D eigenvalue weighted by Gasteiger charge is -2.30. The molecule has 2 fully saturated rings. The summed E-state index contributed by atoms with van der Waals surface area (Å²) in [5, 5.41) is 16.3. The van der Waals surface area contributed by atoms with E-state index in [4.69, 9.17) is 0 Å². The summed E-state index contributed by atoms with van der Waals surface area (Å²) in [5.41, 5.74) is 0.000255. The molecule has 5 atom stereocenters. The molecule has 2 saturated heterocycles. The van der Waals surface area contributed by atoms with Crippen LogP contribution in [-0.4, -0.2) is 46.4 Å². The Labute approximate surface area is 151 Å². The van der Waals surface area contributed by atoms with Gasteiger partial charge in [0.15, 0.2) is 0 Å². The molecule has 1 spiro atoms. The molecule has 3 aliphatic heterocycles. The largest absolute Gasteiger partial charge is 0.392 e. The van der Waals surface area contributed by atoms with Crippen molar-refractivity contribution in [3.8, 4) is 0 Å². The van der Waals surface area contributed by atoms with Gasteiger partial charge in [0.2, 0.25) is 17.7 Å². The molecular formula is C19H23N3O4. The Kier molecular flexibility index (Phi) is 3.89. The molecule has 7 nitrogen and oxygen atoms in total. The van der Waals surface area contributed by atoms with Crippen LogP contribution in [-0.2, 0) is 19.9 Å². The lowest BCUT2D eigenvalue weighted by atomic mass is 9.76. The molecule has 0 radical (unpaired) electrons. The predicted molar refractivity (Wildman–Crippen MR) is 94.0 cm³/mol. The highest BCUT2D eigenvalue weighted by Crippen LogP contribution is 2.53. The molecule has 0 aromatic heterocycles. The number of carbonyl (C=O) groups is 3. The summed E-state index contributed by atoms with van der Waals surface area (Å²) in [6.07, 6.45) is 0.712. The van der Waals surface area contributed by atoms with E-state index < -0.39 is 29.5 Å². The van der Waals surface area contributed by atoms with Crippen LogP contribution in [0.15, 0.2) is 24.3 Å². The number of hydrogen-bond acceptors (Lipinski definition) is 5. The van der Waals surface area contributed by atoms with Gasteiger partial charge in [-0.25, -0.2) is 0 Å². The van der Waals surface area contributed by atoms with Crippen molar-refractivity contribution in [1.29, 1.82) is 0 Å². The molecule has 1 aromatic carbocycles. The summed E-state index contributed by atoms with van der Waals surface area (Å²) in [7, 11) is 0. The number of aliphatic hydroxyl groups excluding tert-OH is 1. The van der Waals surface area contributed by atoms with E-state index in [1.54, 1.807) is 19.1 Å². The smallest absolute Gasteiger partial charge is 0.250 e. The number of nitrogens with zero attached hydrogens (tertiary/aromatic N) is 1. The zero-order valence-electron chi connectivity index (χ0n) is 14.9. The molecule has 1 aromatic rings. The number of likely N-dealkylation sites (tertiary alicyclic amines) is 1. The molecule has 7 heteroatoms. The average Bonchev–Trinajstić information content (AvgIpc) is 3.20. The first kappa shape index (κ1) is 17.2. The number of rotatable bonds is 4. The zero-order chi connectivity index (χ0) is 18.6. The van der Waals surface area contributed by atoms with Crippen molar-refractivity contribution in [2.24, 2.45) is 11.8 Å². The molecule has 0 aliphatic carbocycles. The van der Waals surface area contributed by atoms with Crippen molar-refractivity contribution in [1.82, 2.24) is 10.2 Å². The van der Waals surface area contributed by atoms with Crippen molar-refractivity contribution < 1.29 is 19.5 Å². The number of aliphatic hydroxyl groups is 1. The van der Waals surface area contributed by atoms with E-state index in [1.807, 2.05) is 19.1 Å². The monoisotopic (exact) mass is 357 g/mol. The summed E-state index contributed by atoms with van der Waals surface area (Å²) in [5.74, 6) is -2.53. The number of carbonyl (C=O) groups excluding carboxylic acids is 3. The van der Waals surface area contributed by atoms with Gasteiger partial charge < -0.3 is 10.4 Å². The van der Waals surface area contributed by atoms with Crippen LogP contribution in [0.4, 0.5) is 5.69 Å². The first-order chi connectivity index (χ1) is 12.4. The fourth-order valence-corrected chi connectivity index (χ4v) is 4.70. The van der Waals surface area contributed by atoms with Crippen molar-refractivity contribution >= 4 is 23.4 Å². The average molecular weight is 357 g/mol. The number of benzene rings is 1. The van der Waals surface area contributed by atoms with Gasteiger partial charge in [-0.3, -0.25) is 24.6 Å². The molecule has 3 amide bonds. The topological polar surface area (TPSA) is 98.7 Å². The number of nitrogens with one attached hydrogen (secondary N) is 2. The minimum absolute atomic E-state index is 0.291. The van der Waals surface area contributed by atoms with E-state index >= 15 is 0 Å². The normalized spacial score (nSPS) is 33.6. The van der Waals surface area contributed by atoms with Gasteiger partial charge in [-0.05, 0) is 19.4 Å². The van der Waals surface area contributed by atoms with Crippen LogP contribution in [0.5, 0.6) is 0 Å². The molecule has 4 rings (SSSR count). The molecule has 0 saturated carbocycles. The van der Waals surface area contributed by atoms with Gasteiger partial charge in [-0.2, -0.15) is 0 Å². The molecule has 3 heterocycles. The summed E-state index contributed by atoms with van der Waals surface area (Å²) >= 11 is 0. The first-order valence-corrected chi connectivity index (χ1v) is 9.15. The molecule has 26 heavy (non-hydrogen) atoms. The molecule has 0 unspecified atom stereocenters. The highest BCUT2D eigenvalue weighted by atomic mass is 16.3. The lowest BCUT2D eigenvalue weighted by molar-refractivity contribution is -0.143. The van der Waals surface area contributed by atoms with Crippen LogP contribution in [0, 0.1) is 11.8 Å². The number of imide groups is 1. The Morgan fingerprint density at radius 2 is 1.96 bits per heavy atom. The maximum Gasteiger partial charge on any atom is 0.250 e. The van der Waals surface area contributed by atoms with E-state index in [2.05, 4.69) is 10.6 Å². The van der Waals surface area contributed by atoms with Crippen LogP contribution in [0.1, 0.15) is 32.3 Å². The van der Waals surface area contributed by atoms with Gasteiger partial charge >= 0.3 is 0 Å². The summed E-state index contributed by atoms with van der Waals surface area (Å²) in [6, 6.07) is 6.55. The molecule has 3 aliphatic rings. The Balaban J connectivity index is 1.85. The number of anilines is 1. The van der Waals surface area contributed by atoms with Crippen molar-refractivity contribution in [2.45, 2.75) is 44.4 Å². The number of fused-ring (bicyclic) bond motifs is 4. The van der Waals surface area contributed by atoms with Crippen molar-refractivity contribution in [2.75, 3.05) is 11.9 Å². The van der Waals surface area contributed by atoms with E-state index in [-0.39, 0.29) is 17.7 Å². The Bertz CT molecular complexity index is 793. The van der Waals surface area contributed by atoms with Gasteiger partial charge in [0, 0.05) is 23.8 Å². The minimum Gasteiger partial charge on any atom is -0.392 e. The van der Waals surface area contributed by atoms with Crippen LogP contribution < -0.4 is 10.6 Å². The number of unbranched alkanes of at least 4 members (excludes halogenated alkanes) is 1. The van der Waals surface area contributed by atoms with Gasteiger partial charge in [0.25, 0.3) is 0 Å². The zero-order valence-corrected chi connectivity index (χ0v) is 14.9. The molecule has 138 valence electrons. The Morgan fingerprint density at radius 3 is 2.65 bits per heavy atom. The summed E-state index contributed by atoms with van der Waals surface area (Å²) < 4.78 is 0. The van der Waals surface area contributed by atoms with Crippen LogP contribution >= 0.6 is 0 Å². The fourth-order valence-electron chi connectivity index (χ4n) is 4.70. The first-order valence-electron chi connectivity index (χ1n) is 9.15. The highest BCUT2D eigenvalue weighted by molar-refractivity contribution is 6.15. The SMILES string of the molecule is CCCCN1C(=O)[C@@H]2[C@H]([C@@H](C)O)N[C@@]3(C(=O)Nc4ccccc43)[C@@H]2C1=O. The third-order valence-electron chi connectivity index (χ3n) is 5.90. The van der Waals surface area contributed by atoms with Gasteiger partial charge in [-0.15, -0.1) is 0 Å². The maximum absolute atomic E-state index is 13.2. The van der Waals surface area contributed by atoms with Crippen molar-refractivity contribution in [3.05, 3.63) is 29.8 Å². The number of para-hydroxylation sites is 1. The number of amides is 3. The molecule has 0 bridgehead atoms. The number of hydrogen-bond donors (Lipinski definition) is 3. The lowest BCUT2D eigenvalue weighted by Crippen LogP contribution is -2.54. The second-order valence-corrected chi connectivity index (χ2v) is 7.40. The molecule has 3 N–H and O–H groups in total. The van der Waals surface area contributed by atoms with Gasteiger partial charge in [-0.1, -0.05) is 31.5 Å². The van der Waals surface area contributed by atoms with Crippen LogP contribution in [0.3, 0.4) is 0 Å². The van der Waals surface area contributed by atoms with Crippen LogP contribution in [0.2, 0.25) is 0 Å². The van der Waals surface area contributed by atoms with Gasteiger partial charge in [0.05, 0.1) is 17.9 Å². The third kappa shape index (κ3) is 2.04. The third-order valence-corrected chi connectivity index (χ3v) is 5.90. The van der Waals surface area contributed by atoms with Gasteiger partial charge in [0.1, 0.15) is 5.54 Å². The van der Waals surface area contributed by atoms with E-state index in [1.165, 1.54) is 4.90 Å². The Morgan fingerprint density at radius 1 is 1.23 bits per heavy atom. The minimum atomic E-state index is -1.31. The van der Waals surface area contributed by atoms with Crippen molar-refractivity contribution in [3.63, 3.8) is 0 Å². The second kappa shape index (κ2) is 5.89. The quantitative estimate of drug-likeness (QED) is 0.685. The van der Waals surface area contributed by atoms with E-state index in [9.17, 15) is 19.5 Å². The second-order valence-electron chi connectivity index (χ2n) is 7.40. The standard InChI is InChI=1S/C19H23N3O4/c1-3-4-9-22-16(24)13-14(17(22)25)19(21-15(13)10(2)23)11-7-5-6-8-12(11)20-18(19)26/h5-8,10,13-15,21,23H,3-4,9H2,1-2H3,(H,20,26)/t10-,13+,14+,15+,19-/m1/s1. The molecular weight excluding hydrogens is 334 g/mol. The predicted octanol–water partition coefficient (Wildman–Crippen LogP) is 0.588. The summed E-state index contributed by atoms with van der Waals surface area (Å²) in [4.78, 5) is 40.5. The van der Waals surface area contributed by atoms with Crippen LogP contribution in [0.25, 0.3) is 0 Å². The Hall–Kier alpha value is -2.25. The van der Waals surface area contributed by atoms with E-state index in [0.29, 0.717) is 17.8 Å². The highest BCUT2D eigenvalue weighted by Gasteiger charge is 2.70. The van der Waals surface area contributed by atoms with E-state index in [0.717, 1.165) is 12.8 Å². The summed E-state index contributed by atoms with van der Waals surface area (Å²) in [6.45, 7) is 3.93. The fraction of sp³-hybridized carbons (Fsp3) is 0.526. The maximum atomic E-state index is 13.2.